The molecule has 1 amide bonds. The Hall–Kier alpha value is -2.48. The van der Waals surface area contributed by atoms with Gasteiger partial charge in [0.1, 0.15) is 11.5 Å². The third-order valence-electron chi connectivity index (χ3n) is 4.97. The van der Waals surface area contributed by atoms with Crippen LogP contribution in [0.15, 0.2) is 35.6 Å². The molecule has 1 aromatic carbocycles. The van der Waals surface area contributed by atoms with Crippen LogP contribution in [-0.2, 0) is 12.0 Å². The predicted molar refractivity (Wildman–Crippen MR) is 116 cm³/mol. The number of unbranched alkanes of at least 4 members (excludes halogenated alkanes) is 2. The SMILES string of the molecule is CCCCCc1cnc(C(=O)Nc2ccc(F)c(C3(C)CCSC(N)=N3)c2)cn1. The third kappa shape index (κ3) is 5.32. The summed E-state index contributed by atoms with van der Waals surface area (Å²) < 4.78 is 14.5. The largest absolute Gasteiger partial charge is 0.379 e. The van der Waals surface area contributed by atoms with Gasteiger partial charge in [-0.3, -0.25) is 14.8 Å². The fraction of sp³-hybridized carbons (Fsp3) is 0.429. The molecule has 1 atom stereocenters. The van der Waals surface area contributed by atoms with E-state index in [1.807, 2.05) is 6.92 Å². The summed E-state index contributed by atoms with van der Waals surface area (Å²) in [6, 6.07) is 4.48. The molecular formula is C21H26FN5OS. The molecule has 6 nitrogen and oxygen atoms in total. The van der Waals surface area contributed by atoms with Gasteiger partial charge in [0, 0.05) is 23.2 Å². The Labute approximate surface area is 174 Å². The van der Waals surface area contributed by atoms with Crippen molar-refractivity contribution in [3.63, 3.8) is 0 Å². The van der Waals surface area contributed by atoms with E-state index in [0.717, 1.165) is 37.1 Å². The second-order valence-electron chi connectivity index (χ2n) is 7.32. The fourth-order valence-electron chi connectivity index (χ4n) is 3.25. The van der Waals surface area contributed by atoms with Gasteiger partial charge in [-0.15, -0.1) is 0 Å². The minimum atomic E-state index is -0.750. The molecule has 2 aromatic rings. The van der Waals surface area contributed by atoms with Crippen molar-refractivity contribution < 1.29 is 9.18 Å². The number of anilines is 1. The zero-order chi connectivity index (χ0) is 20.9. The van der Waals surface area contributed by atoms with Gasteiger partial charge in [-0.05, 0) is 44.4 Å². The van der Waals surface area contributed by atoms with Crippen LogP contribution < -0.4 is 11.1 Å². The second kappa shape index (κ2) is 9.35. The first-order valence-electron chi connectivity index (χ1n) is 9.82. The molecule has 1 aliphatic heterocycles. The van der Waals surface area contributed by atoms with E-state index in [1.165, 1.54) is 30.1 Å². The van der Waals surface area contributed by atoms with Crippen molar-refractivity contribution in [2.75, 3.05) is 11.1 Å². The molecule has 1 aliphatic rings. The number of rotatable bonds is 7. The van der Waals surface area contributed by atoms with E-state index in [1.54, 1.807) is 12.3 Å². The first kappa shape index (κ1) is 21.2. The van der Waals surface area contributed by atoms with Crippen LogP contribution in [0.3, 0.4) is 0 Å². The van der Waals surface area contributed by atoms with E-state index >= 15 is 0 Å². The van der Waals surface area contributed by atoms with E-state index in [2.05, 4.69) is 27.2 Å². The first-order chi connectivity index (χ1) is 13.9. The number of nitrogens with two attached hydrogens (primary N) is 1. The van der Waals surface area contributed by atoms with E-state index in [4.69, 9.17) is 5.73 Å². The lowest BCUT2D eigenvalue weighted by Crippen LogP contribution is -2.29. The summed E-state index contributed by atoms with van der Waals surface area (Å²) in [4.78, 5) is 25.5. The normalized spacial score (nSPS) is 18.9. The molecule has 0 radical (unpaired) electrons. The van der Waals surface area contributed by atoms with Crippen molar-refractivity contribution in [3.8, 4) is 0 Å². The Balaban J connectivity index is 1.73. The molecule has 0 saturated carbocycles. The van der Waals surface area contributed by atoms with Crippen LogP contribution in [0.2, 0.25) is 0 Å². The molecule has 0 bridgehead atoms. The van der Waals surface area contributed by atoms with Gasteiger partial charge < -0.3 is 11.1 Å². The third-order valence-corrected chi connectivity index (χ3v) is 5.77. The highest BCUT2D eigenvalue weighted by Crippen LogP contribution is 2.37. The lowest BCUT2D eigenvalue weighted by molar-refractivity contribution is 0.102. The van der Waals surface area contributed by atoms with E-state index in [-0.39, 0.29) is 17.4 Å². The summed E-state index contributed by atoms with van der Waals surface area (Å²) in [6.07, 6.45) is 7.97. The smallest absolute Gasteiger partial charge is 0.275 e. The van der Waals surface area contributed by atoms with Gasteiger partial charge in [-0.1, -0.05) is 31.5 Å². The highest BCUT2D eigenvalue weighted by atomic mass is 32.2. The van der Waals surface area contributed by atoms with Gasteiger partial charge in [-0.25, -0.2) is 9.37 Å². The quantitative estimate of drug-likeness (QED) is 0.659. The number of hydrogen-bond acceptors (Lipinski definition) is 6. The number of amides is 1. The van der Waals surface area contributed by atoms with Gasteiger partial charge in [0.15, 0.2) is 5.17 Å². The van der Waals surface area contributed by atoms with Crippen molar-refractivity contribution in [2.45, 2.75) is 51.5 Å². The molecule has 29 heavy (non-hydrogen) atoms. The van der Waals surface area contributed by atoms with Crippen molar-refractivity contribution in [1.82, 2.24) is 9.97 Å². The maximum atomic E-state index is 14.5. The lowest BCUT2D eigenvalue weighted by Gasteiger charge is -2.30. The van der Waals surface area contributed by atoms with Gasteiger partial charge in [0.2, 0.25) is 0 Å². The number of thioether (sulfide) groups is 1. The van der Waals surface area contributed by atoms with Gasteiger partial charge in [-0.2, -0.15) is 0 Å². The zero-order valence-electron chi connectivity index (χ0n) is 16.7. The molecule has 1 aromatic heterocycles. The molecule has 2 heterocycles. The summed E-state index contributed by atoms with van der Waals surface area (Å²) in [6.45, 7) is 4.00. The Morgan fingerprint density at radius 3 is 2.83 bits per heavy atom. The summed E-state index contributed by atoms with van der Waals surface area (Å²) in [5.41, 5.74) is 7.08. The minimum absolute atomic E-state index is 0.220. The van der Waals surface area contributed by atoms with Crippen LogP contribution in [0, 0.1) is 5.82 Å². The Kier molecular flexibility index (Phi) is 6.84. The molecule has 0 aliphatic carbocycles. The average Bonchev–Trinajstić information content (AvgIpc) is 2.70. The number of aromatic nitrogens is 2. The average molecular weight is 416 g/mol. The van der Waals surface area contributed by atoms with Crippen LogP contribution >= 0.6 is 11.8 Å². The molecule has 0 spiro atoms. The molecule has 1 unspecified atom stereocenters. The maximum absolute atomic E-state index is 14.5. The summed E-state index contributed by atoms with van der Waals surface area (Å²) in [5, 5.41) is 3.22. The number of aliphatic imine (C=N–C) groups is 1. The van der Waals surface area contributed by atoms with Crippen LogP contribution in [0.5, 0.6) is 0 Å². The molecule has 3 N–H and O–H groups in total. The number of nitrogens with one attached hydrogen (secondary N) is 1. The topological polar surface area (TPSA) is 93.3 Å². The second-order valence-corrected chi connectivity index (χ2v) is 8.44. The van der Waals surface area contributed by atoms with Crippen molar-refractivity contribution >= 4 is 28.5 Å². The maximum Gasteiger partial charge on any atom is 0.275 e. The van der Waals surface area contributed by atoms with Crippen molar-refractivity contribution in [3.05, 3.63) is 53.4 Å². The Morgan fingerprint density at radius 2 is 2.14 bits per heavy atom. The number of carbonyl (C=O) groups is 1. The van der Waals surface area contributed by atoms with Gasteiger partial charge in [0.05, 0.1) is 17.4 Å². The van der Waals surface area contributed by atoms with Crippen LogP contribution in [-0.4, -0.2) is 26.8 Å². The summed E-state index contributed by atoms with van der Waals surface area (Å²) >= 11 is 1.46. The molecule has 0 fully saturated rings. The molecule has 0 saturated heterocycles. The number of halogens is 1. The molecule has 8 heteroatoms. The lowest BCUT2D eigenvalue weighted by atomic mass is 9.89. The summed E-state index contributed by atoms with van der Waals surface area (Å²) in [7, 11) is 0. The number of carbonyl (C=O) groups excluding carboxylic acids is 1. The molecule has 154 valence electrons. The van der Waals surface area contributed by atoms with Gasteiger partial charge in [0.25, 0.3) is 5.91 Å². The summed E-state index contributed by atoms with van der Waals surface area (Å²) in [5.74, 6) is 0.00917. The molecular weight excluding hydrogens is 389 g/mol. The standard InChI is InChI=1S/C21H26FN5OS/c1-3-4-5-6-15-12-25-18(13-24-15)19(28)26-14-7-8-17(22)16(11-14)21(2)9-10-29-20(23)27-21/h7-8,11-13H,3-6,9-10H2,1-2H3,(H2,23,27)(H,26,28). The van der Waals surface area contributed by atoms with Crippen LogP contribution in [0.4, 0.5) is 10.1 Å². The van der Waals surface area contributed by atoms with Crippen molar-refractivity contribution in [2.24, 2.45) is 10.7 Å². The van der Waals surface area contributed by atoms with E-state index in [0.29, 0.717) is 22.8 Å². The Morgan fingerprint density at radius 1 is 1.31 bits per heavy atom. The highest BCUT2D eigenvalue weighted by molar-refractivity contribution is 8.13. The van der Waals surface area contributed by atoms with Crippen LogP contribution in [0.25, 0.3) is 0 Å². The Bertz CT molecular complexity index is 902. The number of benzene rings is 1. The number of aryl methyl sites for hydroxylation is 1. The number of hydrogen-bond donors (Lipinski definition) is 2. The number of amidine groups is 1. The zero-order valence-corrected chi connectivity index (χ0v) is 17.6. The first-order valence-corrected chi connectivity index (χ1v) is 10.8. The van der Waals surface area contributed by atoms with E-state index < -0.39 is 5.54 Å². The van der Waals surface area contributed by atoms with E-state index in [9.17, 15) is 9.18 Å². The predicted octanol–water partition coefficient (Wildman–Crippen LogP) is 4.27. The van der Waals surface area contributed by atoms with Crippen molar-refractivity contribution in [1.29, 1.82) is 0 Å². The fourth-order valence-corrected chi connectivity index (χ4v) is 4.22. The van der Waals surface area contributed by atoms with Gasteiger partial charge >= 0.3 is 0 Å². The van der Waals surface area contributed by atoms with Crippen LogP contribution in [0.1, 0.15) is 61.3 Å². The minimum Gasteiger partial charge on any atom is -0.379 e. The monoisotopic (exact) mass is 415 g/mol. The highest BCUT2D eigenvalue weighted by Gasteiger charge is 2.32. The molecule has 3 rings (SSSR count). The number of nitrogens with zero attached hydrogens (tertiary/aromatic N) is 3.